The monoisotopic (exact) mass is 303 g/mol. The zero-order valence-electron chi connectivity index (χ0n) is 12.7. The van der Waals surface area contributed by atoms with E-state index < -0.39 is 24.1 Å². The third-order valence-electron chi connectivity index (χ3n) is 4.10. The Bertz CT molecular complexity index is 370. The first-order chi connectivity index (χ1) is 9.62. The summed E-state index contributed by atoms with van der Waals surface area (Å²) in [5, 5.41) is 26.8. The lowest BCUT2D eigenvalue weighted by atomic mass is 9.71. The van der Waals surface area contributed by atoms with Crippen LogP contribution >= 0.6 is 0 Å². The Morgan fingerprint density at radius 1 is 1.10 bits per heavy atom. The highest BCUT2D eigenvalue weighted by Crippen LogP contribution is 2.37. The van der Waals surface area contributed by atoms with Crippen LogP contribution in [0, 0.1) is 11.3 Å². The first kappa shape index (κ1) is 17.9. The van der Waals surface area contributed by atoms with E-state index >= 15 is 0 Å². The van der Waals surface area contributed by atoms with Gasteiger partial charge in [0.2, 0.25) is 6.10 Å². The lowest BCUT2D eigenvalue weighted by Crippen LogP contribution is -2.47. The molecule has 0 bridgehead atoms. The molecule has 1 aliphatic rings. The van der Waals surface area contributed by atoms with Crippen LogP contribution in [0.2, 0.25) is 0 Å². The maximum Gasteiger partial charge on any atom is 0.338 e. The van der Waals surface area contributed by atoms with Gasteiger partial charge in [0.1, 0.15) is 0 Å². The van der Waals surface area contributed by atoms with Crippen LogP contribution < -0.4 is 5.48 Å². The molecule has 1 saturated carbocycles. The van der Waals surface area contributed by atoms with Crippen molar-refractivity contribution >= 4 is 11.9 Å². The van der Waals surface area contributed by atoms with Crippen molar-refractivity contribution in [1.29, 1.82) is 0 Å². The molecule has 0 heterocycles. The van der Waals surface area contributed by atoms with Gasteiger partial charge in [0, 0.05) is 6.04 Å². The molecule has 1 fully saturated rings. The number of hydroxylamine groups is 1. The largest absolute Gasteiger partial charge is 0.479 e. The van der Waals surface area contributed by atoms with Crippen LogP contribution in [-0.2, 0) is 14.4 Å². The average Bonchev–Trinajstić information content (AvgIpc) is 2.37. The van der Waals surface area contributed by atoms with E-state index in [9.17, 15) is 14.7 Å². The number of aliphatic carboxylic acids is 2. The van der Waals surface area contributed by atoms with E-state index in [-0.39, 0.29) is 11.5 Å². The molecule has 0 spiro atoms. The summed E-state index contributed by atoms with van der Waals surface area (Å²) in [5.74, 6) is -2.53. The van der Waals surface area contributed by atoms with E-state index in [0.29, 0.717) is 5.92 Å². The molecule has 0 saturated heterocycles. The van der Waals surface area contributed by atoms with Crippen LogP contribution in [0.4, 0.5) is 0 Å². The van der Waals surface area contributed by atoms with Gasteiger partial charge < -0.3 is 15.3 Å². The standard InChI is InChI=1S/C14H25NO6/c1-14(2,3)8-4-6-9(7-5-8)15-21-11(13(19)20)10(16)12(17)18/h8-11,15-16H,4-7H2,1-3H3,(H,17,18)(H,19,20). The molecular weight excluding hydrogens is 278 g/mol. The molecular formula is C14H25NO6. The van der Waals surface area contributed by atoms with Gasteiger partial charge in [-0.15, -0.1) is 0 Å². The zero-order valence-corrected chi connectivity index (χ0v) is 12.7. The summed E-state index contributed by atoms with van der Waals surface area (Å²) in [6, 6.07) is -0.0218. The minimum absolute atomic E-state index is 0.0218. The van der Waals surface area contributed by atoms with E-state index in [1.54, 1.807) is 0 Å². The number of aliphatic hydroxyl groups is 1. The smallest absolute Gasteiger partial charge is 0.338 e. The molecule has 2 unspecified atom stereocenters. The lowest BCUT2D eigenvalue weighted by Gasteiger charge is -2.37. The molecule has 0 aromatic carbocycles. The van der Waals surface area contributed by atoms with E-state index in [2.05, 4.69) is 26.3 Å². The van der Waals surface area contributed by atoms with Gasteiger partial charge in [-0.25, -0.2) is 9.59 Å². The van der Waals surface area contributed by atoms with Crippen molar-refractivity contribution in [3.63, 3.8) is 0 Å². The van der Waals surface area contributed by atoms with Crippen molar-refractivity contribution in [3.8, 4) is 0 Å². The third kappa shape index (κ3) is 5.26. The molecule has 7 nitrogen and oxygen atoms in total. The van der Waals surface area contributed by atoms with Crippen LogP contribution in [0.15, 0.2) is 0 Å². The molecule has 4 N–H and O–H groups in total. The number of nitrogens with one attached hydrogen (secondary N) is 1. The minimum atomic E-state index is -2.10. The van der Waals surface area contributed by atoms with Crippen LogP contribution in [0.5, 0.6) is 0 Å². The molecule has 0 aliphatic heterocycles. The fourth-order valence-corrected chi connectivity index (χ4v) is 2.63. The van der Waals surface area contributed by atoms with E-state index in [1.165, 1.54) is 0 Å². The number of hydrogen-bond donors (Lipinski definition) is 4. The van der Waals surface area contributed by atoms with Gasteiger partial charge in [0.05, 0.1) is 0 Å². The second-order valence-electron chi connectivity index (χ2n) is 6.69. The maximum atomic E-state index is 10.9. The molecule has 0 aromatic rings. The van der Waals surface area contributed by atoms with Crippen molar-refractivity contribution in [2.75, 3.05) is 0 Å². The predicted octanol–water partition coefficient (Wildman–Crippen LogP) is 1.01. The van der Waals surface area contributed by atoms with Crippen molar-refractivity contribution in [2.45, 2.75) is 64.7 Å². The Hall–Kier alpha value is -1.18. The maximum absolute atomic E-state index is 10.9. The van der Waals surface area contributed by atoms with Gasteiger partial charge in [-0.05, 0) is 37.0 Å². The molecule has 0 radical (unpaired) electrons. The molecule has 21 heavy (non-hydrogen) atoms. The second kappa shape index (κ2) is 7.20. The molecule has 1 rings (SSSR count). The first-order valence-electron chi connectivity index (χ1n) is 7.17. The SMILES string of the molecule is CC(C)(C)C1CCC(NOC(C(=O)O)C(O)C(=O)O)CC1. The Labute approximate surface area is 124 Å². The molecule has 7 heteroatoms. The third-order valence-corrected chi connectivity index (χ3v) is 4.10. The highest BCUT2D eigenvalue weighted by atomic mass is 16.7. The summed E-state index contributed by atoms with van der Waals surface area (Å²) in [5.41, 5.74) is 2.85. The summed E-state index contributed by atoms with van der Waals surface area (Å²) in [6.45, 7) is 6.60. The Morgan fingerprint density at radius 3 is 2.00 bits per heavy atom. The summed E-state index contributed by atoms with van der Waals surface area (Å²) in [4.78, 5) is 26.4. The van der Waals surface area contributed by atoms with Crippen LogP contribution in [0.25, 0.3) is 0 Å². The summed E-state index contributed by atoms with van der Waals surface area (Å²) in [7, 11) is 0. The minimum Gasteiger partial charge on any atom is -0.479 e. The highest BCUT2D eigenvalue weighted by molar-refractivity contribution is 5.83. The van der Waals surface area contributed by atoms with E-state index in [0.717, 1.165) is 25.7 Å². The molecule has 0 amide bonds. The summed E-state index contributed by atoms with van der Waals surface area (Å²) < 4.78 is 0. The topological polar surface area (TPSA) is 116 Å². The Morgan fingerprint density at radius 2 is 1.62 bits per heavy atom. The average molecular weight is 303 g/mol. The number of rotatable bonds is 6. The summed E-state index contributed by atoms with van der Waals surface area (Å²) >= 11 is 0. The van der Waals surface area contributed by atoms with Gasteiger partial charge in [-0.1, -0.05) is 20.8 Å². The van der Waals surface area contributed by atoms with Crippen molar-refractivity contribution < 1.29 is 29.7 Å². The van der Waals surface area contributed by atoms with Gasteiger partial charge in [-0.2, -0.15) is 5.48 Å². The number of carboxylic acid groups (broad SMARTS) is 2. The Kier molecular flexibility index (Phi) is 6.12. The number of carbonyl (C=O) groups is 2. The fraction of sp³-hybridized carbons (Fsp3) is 0.857. The van der Waals surface area contributed by atoms with E-state index in [4.69, 9.17) is 15.1 Å². The van der Waals surface area contributed by atoms with Gasteiger partial charge in [-0.3, -0.25) is 4.84 Å². The lowest BCUT2D eigenvalue weighted by molar-refractivity contribution is -0.181. The Balaban J connectivity index is 2.45. The number of carboxylic acids is 2. The molecule has 122 valence electrons. The fourth-order valence-electron chi connectivity index (χ4n) is 2.63. The zero-order chi connectivity index (χ0) is 16.2. The molecule has 0 aromatic heterocycles. The normalized spacial score (nSPS) is 26.1. The quantitative estimate of drug-likeness (QED) is 0.541. The van der Waals surface area contributed by atoms with Crippen molar-refractivity contribution in [2.24, 2.45) is 11.3 Å². The van der Waals surface area contributed by atoms with E-state index in [1.807, 2.05) is 0 Å². The van der Waals surface area contributed by atoms with Gasteiger partial charge >= 0.3 is 11.9 Å². The second-order valence-corrected chi connectivity index (χ2v) is 6.69. The predicted molar refractivity (Wildman–Crippen MR) is 74.5 cm³/mol. The molecule has 1 aliphatic carbocycles. The van der Waals surface area contributed by atoms with Crippen LogP contribution in [0.3, 0.4) is 0 Å². The number of hydrogen-bond acceptors (Lipinski definition) is 5. The molecule has 2 atom stereocenters. The van der Waals surface area contributed by atoms with Crippen LogP contribution in [0.1, 0.15) is 46.5 Å². The summed E-state index contributed by atoms with van der Waals surface area (Å²) in [6.07, 6.45) is -0.244. The first-order valence-corrected chi connectivity index (χ1v) is 7.17. The van der Waals surface area contributed by atoms with Crippen LogP contribution in [-0.4, -0.2) is 45.5 Å². The van der Waals surface area contributed by atoms with Crippen molar-refractivity contribution in [1.82, 2.24) is 5.48 Å². The highest BCUT2D eigenvalue weighted by Gasteiger charge is 2.35. The number of aliphatic hydroxyl groups excluding tert-OH is 1. The van der Waals surface area contributed by atoms with Crippen molar-refractivity contribution in [3.05, 3.63) is 0 Å². The van der Waals surface area contributed by atoms with Gasteiger partial charge in [0.15, 0.2) is 6.10 Å². The van der Waals surface area contributed by atoms with Gasteiger partial charge in [0.25, 0.3) is 0 Å².